The van der Waals surface area contributed by atoms with Crippen LogP contribution >= 0.6 is 27.5 Å². The summed E-state index contributed by atoms with van der Waals surface area (Å²) >= 11 is 9.74. The quantitative estimate of drug-likeness (QED) is 0.522. The number of aryl methyl sites for hydroxylation is 1. The first-order chi connectivity index (χ1) is 10.1. The van der Waals surface area contributed by atoms with E-state index < -0.39 is 0 Å². The smallest absolute Gasteiger partial charge is 0.134 e. The largest absolute Gasteiger partial charge is 0.459 e. The zero-order valence-electron chi connectivity index (χ0n) is 11.4. The Morgan fingerprint density at radius 3 is 2.76 bits per heavy atom. The molecule has 0 bridgehead atoms. The number of hydrogen-bond donors (Lipinski definition) is 2. The molecule has 1 unspecified atom stereocenters. The minimum atomic E-state index is -0.303. The van der Waals surface area contributed by atoms with Gasteiger partial charge in [-0.05, 0) is 48.9 Å². The standard InChI is InChI=1S/C16H14BrClN2O/c1-9-2-5-14-10(6-9)7-15(21-14)16(20-19)12-8-11(17)3-4-13(12)18/h2-8,16,20H,19H2,1H3. The lowest BCUT2D eigenvalue weighted by Crippen LogP contribution is -2.28. The molecule has 0 aliphatic rings. The molecule has 3 aromatic rings. The second-order valence-corrected chi connectivity index (χ2v) is 6.28. The number of fused-ring (bicyclic) bond motifs is 1. The summed E-state index contributed by atoms with van der Waals surface area (Å²) in [6.45, 7) is 2.05. The highest BCUT2D eigenvalue weighted by Crippen LogP contribution is 2.33. The number of rotatable bonds is 3. The summed E-state index contributed by atoms with van der Waals surface area (Å²) in [5, 5.41) is 1.69. The SMILES string of the molecule is Cc1ccc2oc(C(NN)c3cc(Br)ccc3Cl)cc2c1. The molecule has 0 aliphatic carbocycles. The molecule has 0 radical (unpaired) electrons. The lowest BCUT2D eigenvalue weighted by molar-refractivity contribution is 0.477. The molecule has 0 fully saturated rings. The van der Waals surface area contributed by atoms with Crippen LogP contribution in [0.1, 0.15) is 22.9 Å². The van der Waals surface area contributed by atoms with Crippen LogP contribution in [-0.2, 0) is 0 Å². The highest BCUT2D eigenvalue weighted by Gasteiger charge is 2.20. The van der Waals surface area contributed by atoms with E-state index in [1.165, 1.54) is 5.56 Å². The van der Waals surface area contributed by atoms with Crippen LogP contribution in [0.5, 0.6) is 0 Å². The topological polar surface area (TPSA) is 51.2 Å². The summed E-state index contributed by atoms with van der Waals surface area (Å²) in [5.41, 5.74) is 5.67. The van der Waals surface area contributed by atoms with Gasteiger partial charge in [-0.2, -0.15) is 0 Å². The van der Waals surface area contributed by atoms with Crippen molar-refractivity contribution in [3.8, 4) is 0 Å². The highest BCUT2D eigenvalue weighted by atomic mass is 79.9. The first kappa shape index (κ1) is 14.6. The lowest BCUT2D eigenvalue weighted by atomic mass is 10.0. The molecule has 1 aromatic heterocycles. The van der Waals surface area contributed by atoms with Crippen LogP contribution < -0.4 is 11.3 Å². The van der Waals surface area contributed by atoms with Crippen LogP contribution in [0.4, 0.5) is 0 Å². The molecular formula is C16H14BrClN2O. The van der Waals surface area contributed by atoms with Gasteiger partial charge in [-0.25, -0.2) is 5.43 Å². The van der Waals surface area contributed by atoms with Gasteiger partial charge in [-0.1, -0.05) is 39.2 Å². The summed E-state index contributed by atoms with van der Waals surface area (Å²) in [4.78, 5) is 0. The normalized spacial score (nSPS) is 12.8. The fourth-order valence-electron chi connectivity index (χ4n) is 2.39. The number of nitrogens with one attached hydrogen (secondary N) is 1. The minimum absolute atomic E-state index is 0.303. The molecule has 21 heavy (non-hydrogen) atoms. The van der Waals surface area contributed by atoms with Crippen LogP contribution in [0.3, 0.4) is 0 Å². The fourth-order valence-corrected chi connectivity index (χ4v) is 2.99. The molecule has 1 heterocycles. The predicted octanol–water partition coefficient (Wildman–Crippen LogP) is 4.71. The number of halogens is 2. The first-order valence-corrected chi connectivity index (χ1v) is 7.67. The van der Waals surface area contributed by atoms with Gasteiger partial charge in [0.25, 0.3) is 0 Å². The van der Waals surface area contributed by atoms with E-state index in [0.717, 1.165) is 26.8 Å². The van der Waals surface area contributed by atoms with Crippen molar-refractivity contribution in [2.75, 3.05) is 0 Å². The van der Waals surface area contributed by atoms with Gasteiger partial charge in [0, 0.05) is 14.9 Å². The molecule has 0 spiro atoms. The van der Waals surface area contributed by atoms with E-state index >= 15 is 0 Å². The van der Waals surface area contributed by atoms with Gasteiger partial charge >= 0.3 is 0 Å². The van der Waals surface area contributed by atoms with Crippen LogP contribution in [0.25, 0.3) is 11.0 Å². The van der Waals surface area contributed by atoms with Crippen molar-refractivity contribution in [2.45, 2.75) is 13.0 Å². The molecule has 2 aromatic carbocycles. The summed E-state index contributed by atoms with van der Waals surface area (Å²) in [5.74, 6) is 6.46. The Bertz CT molecular complexity index is 800. The van der Waals surface area contributed by atoms with E-state index in [2.05, 4.69) is 34.3 Å². The number of hydrazine groups is 1. The van der Waals surface area contributed by atoms with Gasteiger partial charge in [0.05, 0.1) is 0 Å². The number of furan rings is 1. The summed E-state index contributed by atoms with van der Waals surface area (Å²) < 4.78 is 6.85. The van der Waals surface area contributed by atoms with E-state index in [9.17, 15) is 0 Å². The lowest BCUT2D eigenvalue weighted by Gasteiger charge is -2.15. The highest BCUT2D eigenvalue weighted by molar-refractivity contribution is 9.10. The van der Waals surface area contributed by atoms with Crippen LogP contribution in [0, 0.1) is 6.92 Å². The van der Waals surface area contributed by atoms with Crippen molar-refractivity contribution in [3.63, 3.8) is 0 Å². The van der Waals surface area contributed by atoms with Crippen LogP contribution in [-0.4, -0.2) is 0 Å². The van der Waals surface area contributed by atoms with Gasteiger partial charge in [0.1, 0.15) is 17.4 Å². The van der Waals surface area contributed by atoms with Crippen LogP contribution in [0.2, 0.25) is 5.02 Å². The van der Waals surface area contributed by atoms with Gasteiger partial charge in [-0.15, -0.1) is 0 Å². The number of nitrogens with two attached hydrogens (primary N) is 1. The molecule has 3 N–H and O–H groups in total. The minimum Gasteiger partial charge on any atom is -0.459 e. The Morgan fingerprint density at radius 1 is 1.19 bits per heavy atom. The third kappa shape index (κ3) is 2.85. The van der Waals surface area contributed by atoms with Crippen molar-refractivity contribution in [2.24, 2.45) is 5.84 Å². The third-order valence-corrected chi connectivity index (χ3v) is 4.25. The van der Waals surface area contributed by atoms with Gasteiger partial charge in [0.15, 0.2) is 0 Å². The third-order valence-electron chi connectivity index (χ3n) is 3.41. The first-order valence-electron chi connectivity index (χ1n) is 6.49. The van der Waals surface area contributed by atoms with Crippen LogP contribution in [0.15, 0.2) is 51.4 Å². The van der Waals surface area contributed by atoms with Gasteiger partial charge < -0.3 is 4.42 Å². The monoisotopic (exact) mass is 364 g/mol. The number of hydrogen-bond acceptors (Lipinski definition) is 3. The summed E-state index contributed by atoms with van der Waals surface area (Å²) in [6, 6.07) is 13.4. The molecule has 3 rings (SSSR count). The van der Waals surface area contributed by atoms with Crippen molar-refractivity contribution < 1.29 is 4.42 Å². The second-order valence-electron chi connectivity index (χ2n) is 4.96. The molecule has 1 atom stereocenters. The average Bonchev–Trinajstić information content (AvgIpc) is 2.86. The van der Waals surface area contributed by atoms with E-state index in [1.807, 2.05) is 36.4 Å². The average molecular weight is 366 g/mol. The Morgan fingerprint density at radius 2 is 2.00 bits per heavy atom. The Balaban J connectivity index is 2.11. The molecule has 108 valence electrons. The molecule has 0 amide bonds. The summed E-state index contributed by atoms with van der Waals surface area (Å²) in [6.07, 6.45) is 0. The zero-order valence-corrected chi connectivity index (χ0v) is 13.7. The molecule has 5 heteroatoms. The van der Waals surface area contributed by atoms with E-state index in [4.69, 9.17) is 21.9 Å². The Kier molecular flexibility index (Phi) is 4.04. The molecular weight excluding hydrogens is 352 g/mol. The number of benzene rings is 2. The summed E-state index contributed by atoms with van der Waals surface area (Å²) in [7, 11) is 0. The zero-order chi connectivity index (χ0) is 15.0. The van der Waals surface area contributed by atoms with Crippen molar-refractivity contribution in [1.82, 2.24) is 5.43 Å². The predicted molar refractivity (Wildman–Crippen MR) is 89.3 cm³/mol. The molecule has 0 saturated carbocycles. The molecule has 0 saturated heterocycles. The maximum Gasteiger partial charge on any atom is 0.134 e. The Labute approximate surface area is 136 Å². The van der Waals surface area contributed by atoms with Crippen molar-refractivity contribution >= 4 is 38.5 Å². The maximum absolute atomic E-state index is 6.29. The maximum atomic E-state index is 6.29. The van der Waals surface area contributed by atoms with Gasteiger partial charge in [-0.3, -0.25) is 5.84 Å². The van der Waals surface area contributed by atoms with E-state index in [1.54, 1.807) is 0 Å². The van der Waals surface area contributed by atoms with Crippen molar-refractivity contribution in [1.29, 1.82) is 0 Å². The molecule has 0 aliphatic heterocycles. The molecule has 3 nitrogen and oxygen atoms in total. The van der Waals surface area contributed by atoms with Crippen molar-refractivity contribution in [3.05, 3.63) is 68.8 Å². The van der Waals surface area contributed by atoms with E-state index in [-0.39, 0.29) is 6.04 Å². The van der Waals surface area contributed by atoms with Gasteiger partial charge in [0.2, 0.25) is 0 Å². The second kappa shape index (κ2) is 5.81. The van der Waals surface area contributed by atoms with E-state index in [0.29, 0.717) is 5.02 Å². The fraction of sp³-hybridized carbons (Fsp3) is 0.125. The Hall–Kier alpha value is -1.33.